The number of halogens is 3. The van der Waals surface area contributed by atoms with Crippen molar-refractivity contribution < 1.29 is 13.2 Å². The minimum Gasteiger partial charge on any atom is -0.160 e. The van der Waals surface area contributed by atoms with Crippen LogP contribution >= 0.6 is 11.8 Å². The van der Waals surface area contributed by atoms with Crippen molar-refractivity contribution in [2.24, 2.45) is 0 Å². The van der Waals surface area contributed by atoms with Gasteiger partial charge in [0.2, 0.25) is 0 Å². The molecule has 1 aliphatic rings. The molecule has 0 aromatic rings. The fraction of sp³-hybridized carbons (Fsp3) is 0.750. The van der Waals surface area contributed by atoms with Crippen LogP contribution in [-0.4, -0.2) is 10.8 Å². The topological polar surface area (TPSA) is 0 Å². The molecule has 12 heavy (non-hydrogen) atoms. The summed E-state index contributed by atoms with van der Waals surface area (Å²) in [6, 6.07) is 0. The first-order valence-electron chi connectivity index (χ1n) is 3.88. The molecule has 1 aliphatic carbocycles. The third-order valence-electron chi connectivity index (χ3n) is 1.94. The Morgan fingerprint density at radius 1 is 1.25 bits per heavy atom. The van der Waals surface area contributed by atoms with Gasteiger partial charge in [0.15, 0.2) is 0 Å². The Morgan fingerprint density at radius 3 is 2.17 bits per heavy atom. The zero-order chi connectivity index (χ0) is 9.19. The summed E-state index contributed by atoms with van der Waals surface area (Å²) in [5.74, 6) is 0. The summed E-state index contributed by atoms with van der Waals surface area (Å²) in [6.07, 6.45) is 2.77. The van der Waals surface area contributed by atoms with Crippen molar-refractivity contribution in [2.75, 3.05) is 0 Å². The van der Waals surface area contributed by atoms with Gasteiger partial charge >= 0.3 is 5.51 Å². The molecule has 0 N–H and O–H groups in total. The van der Waals surface area contributed by atoms with Gasteiger partial charge in [-0.25, -0.2) is 0 Å². The van der Waals surface area contributed by atoms with Crippen LogP contribution in [0.3, 0.4) is 0 Å². The normalized spacial score (nSPS) is 21.4. The summed E-state index contributed by atoms with van der Waals surface area (Å²) in [7, 11) is 0. The van der Waals surface area contributed by atoms with Crippen LogP contribution in [0.5, 0.6) is 0 Å². The lowest BCUT2D eigenvalue weighted by Crippen LogP contribution is -2.15. The average molecular weight is 196 g/mol. The second-order valence-corrected chi connectivity index (χ2v) is 4.38. The first-order chi connectivity index (χ1) is 5.47. The lowest BCUT2D eigenvalue weighted by molar-refractivity contribution is -0.0335. The minimum atomic E-state index is -4.07. The summed E-state index contributed by atoms with van der Waals surface area (Å²) in [4.78, 5) is 0. The molecule has 0 atom stereocenters. The maximum absolute atomic E-state index is 11.9. The predicted octanol–water partition coefficient (Wildman–Crippen LogP) is 3.74. The smallest absolute Gasteiger partial charge is 0.160 e. The highest BCUT2D eigenvalue weighted by molar-refractivity contribution is 8.00. The van der Waals surface area contributed by atoms with Crippen molar-refractivity contribution in [3.63, 3.8) is 0 Å². The Morgan fingerprint density at radius 2 is 1.75 bits per heavy atom. The Hall–Kier alpha value is -0.120. The average Bonchev–Trinajstić information content (AvgIpc) is 1.91. The third kappa shape index (κ3) is 3.52. The van der Waals surface area contributed by atoms with Crippen LogP contribution in [0, 0.1) is 0 Å². The lowest BCUT2D eigenvalue weighted by Gasteiger charge is -2.23. The van der Waals surface area contributed by atoms with E-state index in [2.05, 4.69) is 6.58 Å². The Labute approximate surface area is 74.2 Å². The second kappa shape index (κ2) is 3.73. The Kier molecular flexibility index (Phi) is 3.09. The van der Waals surface area contributed by atoms with Gasteiger partial charge in [0.25, 0.3) is 0 Å². The number of hydrogen-bond acceptors (Lipinski definition) is 1. The quantitative estimate of drug-likeness (QED) is 0.576. The van der Waals surface area contributed by atoms with Crippen molar-refractivity contribution in [1.29, 1.82) is 0 Å². The number of alkyl halides is 3. The largest absolute Gasteiger partial charge is 0.442 e. The molecule has 1 fully saturated rings. The summed E-state index contributed by atoms with van der Waals surface area (Å²) >= 11 is 0.139. The molecule has 0 bridgehead atoms. The molecule has 0 unspecified atom stereocenters. The monoisotopic (exact) mass is 196 g/mol. The SMILES string of the molecule is C=C1CCC(SC(F)(F)F)CC1. The van der Waals surface area contributed by atoms with Crippen molar-refractivity contribution in [3.05, 3.63) is 12.2 Å². The summed E-state index contributed by atoms with van der Waals surface area (Å²) < 4.78 is 35.6. The molecule has 0 nitrogen and oxygen atoms in total. The van der Waals surface area contributed by atoms with E-state index in [0.717, 1.165) is 18.4 Å². The second-order valence-electron chi connectivity index (χ2n) is 3.01. The highest BCUT2D eigenvalue weighted by Crippen LogP contribution is 2.40. The number of allylic oxidation sites excluding steroid dienone is 1. The molecule has 0 aliphatic heterocycles. The van der Waals surface area contributed by atoms with E-state index >= 15 is 0 Å². The van der Waals surface area contributed by atoms with E-state index in [1.54, 1.807) is 0 Å². The number of hydrogen-bond donors (Lipinski definition) is 0. The van der Waals surface area contributed by atoms with Crippen molar-refractivity contribution in [2.45, 2.75) is 36.4 Å². The number of thioether (sulfide) groups is 1. The maximum atomic E-state index is 11.9. The van der Waals surface area contributed by atoms with Gasteiger partial charge < -0.3 is 0 Å². The van der Waals surface area contributed by atoms with Crippen LogP contribution in [0.25, 0.3) is 0 Å². The molecule has 0 aromatic carbocycles. The first-order valence-corrected chi connectivity index (χ1v) is 4.76. The van der Waals surface area contributed by atoms with Gasteiger partial charge in [-0.15, -0.1) is 0 Å². The molecule has 4 heteroatoms. The van der Waals surface area contributed by atoms with Gasteiger partial charge in [0, 0.05) is 5.25 Å². The summed E-state index contributed by atoms with van der Waals surface area (Å²) in [6.45, 7) is 3.75. The molecule has 1 rings (SSSR count). The van der Waals surface area contributed by atoms with Gasteiger partial charge in [-0.05, 0) is 37.4 Å². The van der Waals surface area contributed by atoms with E-state index in [9.17, 15) is 13.2 Å². The van der Waals surface area contributed by atoms with E-state index in [1.807, 2.05) is 0 Å². The maximum Gasteiger partial charge on any atom is 0.442 e. The highest BCUT2D eigenvalue weighted by atomic mass is 32.2. The molecule has 1 saturated carbocycles. The molecule has 0 radical (unpaired) electrons. The lowest BCUT2D eigenvalue weighted by atomic mass is 9.96. The van der Waals surface area contributed by atoms with E-state index in [-0.39, 0.29) is 17.0 Å². The van der Waals surface area contributed by atoms with E-state index in [1.165, 1.54) is 0 Å². The number of rotatable bonds is 1. The van der Waals surface area contributed by atoms with Gasteiger partial charge in [-0.3, -0.25) is 0 Å². The van der Waals surface area contributed by atoms with Crippen LogP contribution in [0.15, 0.2) is 12.2 Å². The van der Waals surface area contributed by atoms with Gasteiger partial charge in [-0.1, -0.05) is 12.2 Å². The van der Waals surface area contributed by atoms with Gasteiger partial charge in [0.05, 0.1) is 0 Å². The zero-order valence-corrected chi connectivity index (χ0v) is 7.47. The van der Waals surface area contributed by atoms with E-state index in [4.69, 9.17) is 0 Å². The molecule has 0 spiro atoms. The molecule has 70 valence electrons. The standard InChI is InChI=1S/C8H11F3S/c1-6-2-4-7(5-3-6)12-8(9,10)11/h7H,1-5H2. The molecule has 0 saturated heterocycles. The third-order valence-corrected chi connectivity index (χ3v) is 3.01. The first kappa shape index (κ1) is 9.96. The molecule has 0 heterocycles. The van der Waals surface area contributed by atoms with Crippen LogP contribution < -0.4 is 0 Å². The molecular formula is C8H11F3S. The zero-order valence-electron chi connectivity index (χ0n) is 6.66. The highest BCUT2D eigenvalue weighted by Gasteiger charge is 2.33. The van der Waals surface area contributed by atoms with Crippen molar-refractivity contribution in [1.82, 2.24) is 0 Å². The van der Waals surface area contributed by atoms with Crippen molar-refractivity contribution in [3.8, 4) is 0 Å². The Bertz CT molecular complexity index is 164. The fourth-order valence-electron chi connectivity index (χ4n) is 1.31. The van der Waals surface area contributed by atoms with E-state index < -0.39 is 5.51 Å². The van der Waals surface area contributed by atoms with Crippen LogP contribution in [0.2, 0.25) is 0 Å². The predicted molar refractivity (Wildman–Crippen MR) is 45.0 cm³/mol. The molecular weight excluding hydrogens is 185 g/mol. The van der Waals surface area contributed by atoms with Gasteiger partial charge in [-0.2, -0.15) is 13.2 Å². The molecule has 0 aromatic heterocycles. The minimum absolute atomic E-state index is 0.139. The van der Waals surface area contributed by atoms with Crippen LogP contribution in [0.1, 0.15) is 25.7 Å². The van der Waals surface area contributed by atoms with Crippen molar-refractivity contribution >= 4 is 11.8 Å². The molecule has 0 amide bonds. The Balaban J connectivity index is 2.31. The van der Waals surface area contributed by atoms with E-state index in [0.29, 0.717) is 12.8 Å². The summed E-state index contributed by atoms with van der Waals surface area (Å²) in [5, 5.41) is -0.240. The van der Waals surface area contributed by atoms with Gasteiger partial charge in [0.1, 0.15) is 0 Å². The van der Waals surface area contributed by atoms with Crippen LogP contribution in [0.4, 0.5) is 13.2 Å². The summed E-state index contributed by atoms with van der Waals surface area (Å²) in [5.41, 5.74) is -2.97. The fourth-order valence-corrected chi connectivity index (χ4v) is 2.16. The van der Waals surface area contributed by atoms with Crippen LogP contribution in [-0.2, 0) is 0 Å².